The molecule has 0 spiro atoms. The van der Waals surface area contributed by atoms with Gasteiger partial charge in [-0.15, -0.1) is 11.3 Å². The smallest absolute Gasteiger partial charge is 0.279 e. The van der Waals surface area contributed by atoms with Crippen LogP contribution in [0.25, 0.3) is 11.6 Å². The minimum Gasteiger partial charge on any atom is -0.448 e. The van der Waals surface area contributed by atoms with Crippen LogP contribution in [0, 0.1) is 6.92 Å². The predicted octanol–water partition coefficient (Wildman–Crippen LogP) is 2.64. The molecule has 0 saturated carbocycles. The van der Waals surface area contributed by atoms with Gasteiger partial charge in [-0.05, 0) is 6.42 Å². The fourth-order valence-corrected chi connectivity index (χ4v) is 2.39. The molecule has 3 aromatic heterocycles. The summed E-state index contributed by atoms with van der Waals surface area (Å²) in [5.41, 5.74) is 1.52. The van der Waals surface area contributed by atoms with Gasteiger partial charge < -0.3 is 8.94 Å². The average molecular weight is 276 g/mol. The summed E-state index contributed by atoms with van der Waals surface area (Å²) in [4.78, 5) is 12.9. The van der Waals surface area contributed by atoms with E-state index in [1.807, 2.05) is 5.38 Å². The summed E-state index contributed by atoms with van der Waals surface area (Å²) < 4.78 is 10.3. The highest BCUT2D eigenvalue weighted by Crippen LogP contribution is 2.18. The Morgan fingerprint density at radius 1 is 1.26 bits per heavy atom. The molecule has 0 N–H and O–H groups in total. The molecule has 0 radical (unpaired) electrons. The van der Waals surface area contributed by atoms with Gasteiger partial charge in [0.2, 0.25) is 0 Å². The largest absolute Gasteiger partial charge is 0.448 e. The number of nitrogens with zero attached hydrogens (tertiary/aromatic N) is 4. The molecule has 0 amide bonds. The molecular formula is C12H12N4O2S. The van der Waals surface area contributed by atoms with E-state index in [1.54, 1.807) is 18.3 Å². The fraction of sp³-hybridized carbons (Fsp3) is 0.333. The highest BCUT2D eigenvalue weighted by molar-refractivity contribution is 7.09. The fourth-order valence-electron chi connectivity index (χ4n) is 1.65. The van der Waals surface area contributed by atoms with Crippen molar-refractivity contribution in [3.8, 4) is 11.6 Å². The van der Waals surface area contributed by atoms with Crippen molar-refractivity contribution in [3.05, 3.63) is 34.1 Å². The van der Waals surface area contributed by atoms with Crippen molar-refractivity contribution in [3.63, 3.8) is 0 Å². The Kier molecular flexibility index (Phi) is 3.12. The van der Waals surface area contributed by atoms with Gasteiger partial charge in [0.25, 0.3) is 5.89 Å². The van der Waals surface area contributed by atoms with E-state index in [1.165, 1.54) is 6.26 Å². The Bertz CT molecular complexity index is 685. The Morgan fingerprint density at radius 3 is 2.84 bits per heavy atom. The first kappa shape index (κ1) is 12.0. The first-order valence-corrected chi connectivity index (χ1v) is 6.81. The monoisotopic (exact) mass is 276 g/mol. The van der Waals surface area contributed by atoms with Crippen molar-refractivity contribution >= 4 is 11.3 Å². The van der Waals surface area contributed by atoms with Gasteiger partial charge in [0.05, 0.1) is 17.1 Å². The van der Waals surface area contributed by atoms with E-state index in [0.717, 1.165) is 17.1 Å². The van der Waals surface area contributed by atoms with Crippen molar-refractivity contribution in [1.82, 2.24) is 20.1 Å². The Labute approximate surface area is 113 Å². The molecule has 0 bridgehead atoms. The number of aryl methyl sites for hydroxylation is 2. The topological polar surface area (TPSA) is 77.8 Å². The summed E-state index contributed by atoms with van der Waals surface area (Å²) in [6, 6.07) is 0. The van der Waals surface area contributed by atoms with E-state index in [9.17, 15) is 0 Å². The summed E-state index contributed by atoms with van der Waals surface area (Å²) in [6.45, 7) is 3.85. The van der Waals surface area contributed by atoms with Crippen LogP contribution in [0.3, 0.4) is 0 Å². The van der Waals surface area contributed by atoms with E-state index in [-0.39, 0.29) is 0 Å². The number of aromatic nitrogens is 4. The number of hydrogen-bond acceptors (Lipinski definition) is 7. The van der Waals surface area contributed by atoms with Crippen molar-refractivity contribution < 1.29 is 8.94 Å². The van der Waals surface area contributed by atoms with Crippen LogP contribution < -0.4 is 0 Å². The maximum atomic E-state index is 5.16. The molecule has 19 heavy (non-hydrogen) atoms. The molecular weight excluding hydrogens is 264 g/mol. The number of oxazole rings is 1. The lowest BCUT2D eigenvalue weighted by atomic mass is 10.3. The predicted molar refractivity (Wildman–Crippen MR) is 68.8 cm³/mol. The Hall–Kier alpha value is -2.02. The van der Waals surface area contributed by atoms with Gasteiger partial charge in [-0.25, -0.2) is 9.97 Å². The van der Waals surface area contributed by atoms with Crippen LogP contribution in [-0.4, -0.2) is 20.1 Å². The lowest BCUT2D eigenvalue weighted by Crippen LogP contribution is -1.91. The average Bonchev–Trinajstić information content (AvgIpc) is 3.10. The van der Waals surface area contributed by atoms with Gasteiger partial charge in [0.15, 0.2) is 17.4 Å². The van der Waals surface area contributed by atoms with Crippen molar-refractivity contribution in [1.29, 1.82) is 0 Å². The number of thiazole rings is 1. The Balaban J connectivity index is 1.78. The minimum atomic E-state index is 0.373. The summed E-state index contributed by atoms with van der Waals surface area (Å²) in [5.74, 6) is 1.54. The van der Waals surface area contributed by atoms with Crippen LogP contribution in [0.4, 0.5) is 0 Å². The van der Waals surface area contributed by atoms with Gasteiger partial charge in [-0.1, -0.05) is 12.1 Å². The molecule has 0 atom stereocenters. The molecule has 0 unspecified atom stereocenters. The molecule has 3 aromatic rings. The van der Waals surface area contributed by atoms with Crippen molar-refractivity contribution in [2.24, 2.45) is 0 Å². The summed E-state index contributed by atoms with van der Waals surface area (Å²) in [7, 11) is 0. The SMILES string of the molecule is CCc1nc(Cc2noc(-c3coc(C)n3)n2)cs1. The van der Waals surface area contributed by atoms with Crippen molar-refractivity contribution in [2.75, 3.05) is 0 Å². The highest BCUT2D eigenvalue weighted by atomic mass is 32.1. The second-order valence-electron chi connectivity index (χ2n) is 4.03. The van der Waals surface area contributed by atoms with Gasteiger partial charge >= 0.3 is 0 Å². The molecule has 3 heterocycles. The lowest BCUT2D eigenvalue weighted by Gasteiger charge is -1.88. The van der Waals surface area contributed by atoms with Gasteiger partial charge in [0, 0.05) is 12.3 Å². The molecule has 6 nitrogen and oxygen atoms in total. The minimum absolute atomic E-state index is 0.373. The maximum Gasteiger partial charge on any atom is 0.279 e. The molecule has 0 aliphatic rings. The first-order valence-electron chi connectivity index (χ1n) is 5.93. The normalized spacial score (nSPS) is 11.1. The van der Waals surface area contributed by atoms with Crippen LogP contribution in [0.15, 0.2) is 20.6 Å². The van der Waals surface area contributed by atoms with E-state index < -0.39 is 0 Å². The molecule has 0 fully saturated rings. The standard InChI is InChI=1S/C12H12N4O2S/c1-3-11-14-8(6-19-11)4-10-15-12(18-16-10)9-5-17-7(2)13-9/h5-6H,3-4H2,1-2H3. The van der Waals surface area contributed by atoms with E-state index in [0.29, 0.717) is 29.7 Å². The number of hydrogen-bond donors (Lipinski definition) is 0. The number of rotatable bonds is 4. The second kappa shape index (κ2) is 4.93. The zero-order valence-electron chi connectivity index (χ0n) is 10.6. The highest BCUT2D eigenvalue weighted by Gasteiger charge is 2.13. The molecule has 7 heteroatoms. The van der Waals surface area contributed by atoms with Crippen LogP contribution in [0.2, 0.25) is 0 Å². The zero-order valence-corrected chi connectivity index (χ0v) is 11.4. The van der Waals surface area contributed by atoms with Crippen LogP contribution in [0.1, 0.15) is 29.3 Å². The molecule has 98 valence electrons. The first-order chi connectivity index (χ1) is 9.24. The Morgan fingerprint density at radius 2 is 2.16 bits per heavy atom. The third-order valence-corrected chi connectivity index (χ3v) is 3.59. The van der Waals surface area contributed by atoms with Crippen LogP contribution in [0.5, 0.6) is 0 Å². The van der Waals surface area contributed by atoms with E-state index in [2.05, 4.69) is 27.0 Å². The third kappa shape index (κ3) is 2.55. The van der Waals surface area contributed by atoms with Gasteiger partial charge in [0.1, 0.15) is 6.26 Å². The zero-order chi connectivity index (χ0) is 13.2. The summed E-state index contributed by atoms with van der Waals surface area (Å²) in [6.07, 6.45) is 3.02. The van der Waals surface area contributed by atoms with Crippen molar-refractivity contribution in [2.45, 2.75) is 26.7 Å². The third-order valence-electron chi connectivity index (χ3n) is 2.55. The quantitative estimate of drug-likeness (QED) is 0.729. The molecule has 0 aromatic carbocycles. The van der Waals surface area contributed by atoms with Gasteiger partial charge in [-0.2, -0.15) is 4.98 Å². The second-order valence-corrected chi connectivity index (χ2v) is 4.97. The van der Waals surface area contributed by atoms with E-state index in [4.69, 9.17) is 8.94 Å². The van der Waals surface area contributed by atoms with Crippen LogP contribution >= 0.6 is 11.3 Å². The summed E-state index contributed by atoms with van der Waals surface area (Å²) >= 11 is 1.65. The van der Waals surface area contributed by atoms with Gasteiger partial charge in [-0.3, -0.25) is 0 Å². The lowest BCUT2D eigenvalue weighted by molar-refractivity contribution is 0.422. The molecule has 0 aliphatic heterocycles. The molecule has 0 aliphatic carbocycles. The van der Waals surface area contributed by atoms with Crippen LogP contribution in [-0.2, 0) is 12.8 Å². The maximum absolute atomic E-state index is 5.16. The molecule has 3 rings (SSSR count). The summed E-state index contributed by atoms with van der Waals surface area (Å²) in [5, 5.41) is 7.07. The van der Waals surface area contributed by atoms with E-state index >= 15 is 0 Å². The molecule has 0 saturated heterocycles.